The van der Waals surface area contributed by atoms with Gasteiger partial charge in [0.2, 0.25) is 0 Å². The molecule has 0 aliphatic heterocycles. The molecule has 0 saturated heterocycles. The maximum atomic E-state index is 14.0. The van der Waals surface area contributed by atoms with Crippen molar-refractivity contribution < 1.29 is 18.1 Å². The summed E-state index contributed by atoms with van der Waals surface area (Å²) in [4.78, 5) is 11.1. The maximum absolute atomic E-state index is 14.0. The number of hydrogen-bond acceptors (Lipinski definition) is 4. The number of hydrogen-bond donors (Lipinski definition) is 0. The number of alkyl halides is 2. The number of halogens is 4. The first-order valence-electron chi connectivity index (χ1n) is 6.45. The van der Waals surface area contributed by atoms with Crippen LogP contribution in [0.5, 0.6) is 0 Å². The minimum atomic E-state index is -2.71. The SMILES string of the molecule is Cc1cc([N+](=O)[O-])nn1CN(CC(F)F)c1cc(Br)ccc1F. The van der Waals surface area contributed by atoms with E-state index in [2.05, 4.69) is 21.0 Å². The van der Waals surface area contributed by atoms with Gasteiger partial charge in [0.1, 0.15) is 12.5 Å². The predicted molar refractivity (Wildman–Crippen MR) is 81.1 cm³/mol. The molecule has 23 heavy (non-hydrogen) atoms. The van der Waals surface area contributed by atoms with Gasteiger partial charge >= 0.3 is 5.82 Å². The molecule has 124 valence electrons. The summed E-state index contributed by atoms with van der Waals surface area (Å²) in [5.41, 5.74) is 0.364. The van der Waals surface area contributed by atoms with E-state index in [1.54, 1.807) is 6.92 Å². The van der Waals surface area contributed by atoms with Gasteiger partial charge in [-0.15, -0.1) is 0 Å². The van der Waals surface area contributed by atoms with Gasteiger partial charge in [0.05, 0.1) is 29.1 Å². The van der Waals surface area contributed by atoms with Crippen LogP contribution in [-0.4, -0.2) is 27.7 Å². The van der Waals surface area contributed by atoms with E-state index < -0.39 is 29.5 Å². The van der Waals surface area contributed by atoms with Gasteiger partial charge in [0.15, 0.2) is 0 Å². The molecule has 0 unspecified atom stereocenters. The molecule has 0 N–H and O–H groups in total. The minimum absolute atomic E-state index is 0.0442. The summed E-state index contributed by atoms with van der Waals surface area (Å²) in [5, 5.41) is 14.5. The van der Waals surface area contributed by atoms with E-state index in [4.69, 9.17) is 0 Å². The molecule has 0 saturated carbocycles. The summed E-state index contributed by atoms with van der Waals surface area (Å²) in [6.45, 7) is 0.579. The molecule has 6 nitrogen and oxygen atoms in total. The topological polar surface area (TPSA) is 64.2 Å². The van der Waals surface area contributed by atoms with Gasteiger partial charge in [-0.05, 0) is 30.0 Å². The van der Waals surface area contributed by atoms with Crippen molar-refractivity contribution in [2.24, 2.45) is 0 Å². The van der Waals surface area contributed by atoms with E-state index in [0.29, 0.717) is 10.2 Å². The Kier molecular flexibility index (Phi) is 5.24. The van der Waals surface area contributed by atoms with Gasteiger partial charge in [0.25, 0.3) is 6.43 Å². The zero-order valence-electron chi connectivity index (χ0n) is 11.9. The lowest BCUT2D eigenvalue weighted by Crippen LogP contribution is -2.32. The molecule has 1 aromatic carbocycles. The van der Waals surface area contributed by atoms with Gasteiger partial charge in [-0.1, -0.05) is 15.9 Å². The molecule has 0 amide bonds. The molecule has 0 radical (unpaired) electrons. The van der Waals surface area contributed by atoms with E-state index >= 15 is 0 Å². The van der Waals surface area contributed by atoms with Crippen LogP contribution in [0.4, 0.5) is 24.7 Å². The number of nitro groups is 1. The summed E-state index contributed by atoms with van der Waals surface area (Å²) >= 11 is 3.16. The minimum Gasteiger partial charge on any atom is -0.358 e. The van der Waals surface area contributed by atoms with Crippen molar-refractivity contribution in [1.82, 2.24) is 9.78 Å². The lowest BCUT2D eigenvalue weighted by atomic mass is 10.3. The van der Waals surface area contributed by atoms with Crippen LogP contribution < -0.4 is 4.90 Å². The largest absolute Gasteiger partial charge is 0.390 e. The second kappa shape index (κ2) is 6.99. The Morgan fingerprint density at radius 2 is 2.13 bits per heavy atom. The van der Waals surface area contributed by atoms with Crippen LogP contribution in [0, 0.1) is 22.9 Å². The molecule has 2 aromatic rings. The first-order chi connectivity index (χ1) is 10.8. The molecule has 0 atom stereocenters. The lowest BCUT2D eigenvalue weighted by Gasteiger charge is -2.24. The van der Waals surface area contributed by atoms with Crippen molar-refractivity contribution in [1.29, 1.82) is 0 Å². The Morgan fingerprint density at radius 3 is 2.70 bits per heavy atom. The van der Waals surface area contributed by atoms with E-state index in [0.717, 1.165) is 11.0 Å². The Bertz CT molecular complexity index is 723. The molecule has 0 spiro atoms. The summed E-state index contributed by atoms with van der Waals surface area (Å²) in [6, 6.07) is 5.18. The van der Waals surface area contributed by atoms with E-state index in [1.807, 2.05) is 0 Å². The second-order valence-corrected chi connectivity index (χ2v) is 5.67. The molecular weight excluding hydrogens is 381 g/mol. The first-order valence-corrected chi connectivity index (χ1v) is 7.24. The zero-order chi connectivity index (χ0) is 17.1. The monoisotopic (exact) mass is 392 g/mol. The van der Waals surface area contributed by atoms with Crippen molar-refractivity contribution >= 4 is 27.4 Å². The second-order valence-electron chi connectivity index (χ2n) is 4.75. The molecular formula is C13H12BrF3N4O2. The lowest BCUT2D eigenvalue weighted by molar-refractivity contribution is -0.389. The highest BCUT2D eigenvalue weighted by Crippen LogP contribution is 2.25. The Labute approximate surface area is 137 Å². The van der Waals surface area contributed by atoms with Crippen molar-refractivity contribution in [2.75, 3.05) is 11.4 Å². The fourth-order valence-electron chi connectivity index (χ4n) is 2.01. The highest BCUT2D eigenvalue weighted by Gasteiger charge is 2.22. The molecule has 0 fully saturated rings. The van der Waals surface area contributed by atoms with Crippen molar-refractivity contribution in [2.45, 2.75) is 20.0 Å². The zero-order valence-corrected chi connectivity index (χ0v) is 13.5. The fraction of sp³-hybridized carbons (Fsp3) is 0.308. The molecule has 0 aliphatic carbocycles. The third kappa shape index (κ3) is 4.21. The van der Waals surface area contributed by atoms with Crippen LogP contribution in [0.1, 0.15) is 5.69 Å². The third-order valence-corrected chi connectivity index (χ3v) is 3.56. The smallest absolute Gasteiger partial charge is 0.358 e. The fourth-order valence-corrected chi connectivity index (χ4v) is 2.36. The average Bonchev–Trinajstić information content (AvgIpc) is 2.82. The van der Waals surface area contributed by atoms with Gasteiger partial charge in [-0.2, -0.15) is 4.68 Å². The number of aryl methyl sites for hydroxylation is 1. The Balaban J connectivity index is 2.36. The normalized spacial score (nSPS) is 11.0. The molecule has 1 heterocycles. The maximum Gasteiger partial charge on any atom is 0.390 e. The molecule has 0 bridgehead atoms. The van der Waals surface area contributed by atoms with E-state index in [9.17, 15) is 23.3 Å². The van der Waals surface area contributed by atoms with Crippen LogP contribution in [0.25, 0.3) is 0 Å². The van der Waals surface area contributed by atoms with E-state index in [-0.39, 0.29) is 12.4 Å². The van der Waals surface area contributed by atoms with Gasteiger partial charge in [-0.25, -0.2) is 13.2 Å². The number of rotatable bonds is 6. The van der Waals surface area contributed by atoms with Crippen LogP contribution in [0.15, 0.2) is 28.7 Å². The standard InChI is InChI=1S/C13H12BrF3N4O2/c1-8-4-13(21(22)23)18-20(8)7-19(6-12(16)17)11-5-9(14)2-3-10(11)15/h2-5,12H,6-7H2,1H3. The van der Waals surface area contributed by atoms with Crippen molar-refractivity contribution in [3.63, 3.8) is 0 Å². The highest BCUT2D eigenvalue weighted by atomic mass is 79.9. The van der Waals surface area contributed by atoms with Crippen LogP contribution in [0.3, 0.4) is 0 Å². The molecule has 2 rings (SSSR count). The van der Waals surface area contributed by atoms with Gasteiger partial charge in [0, 0.05) is 4.47 Å². The summed E-state index contributed by atoms with van der Waals surface area (Å²) in [7, 11) is 0. The average molecular weight is 393 g/mol. The first kappa shape index (κ1) is 17.3. The Morgan fingerprint density at radius 1 is 1.43 bits per heavy atom. The van der Waals surface area contributed by atoms with Crippen LogP contribution in [-0.2, 0) is 6.67 Å². The number of benzene rings is 1. The number of aromatic nitrogens is 2. The van der Waals surface area contributed by atoms with Crippen molar-refractivity contribution in [3.05, 3.63) is 50.4 Å². The Hall–Kier alpha value is -2.10. The number of anilines is 1. The van der Waals surface area contributed by atoms with Crippen molar-refractivity contribution in [3.8, 4) is 0 Å². The summed E-state index contributed by atoms with van der Waals surface area (Å²) < 4.78 is 41.3. The molecule has 1 aromatic heterocycles. The van der Waals surface area contributed by atoms with Crippen LogP contribution >= 0.6 is 15.9 Å². The summed E-state index contributed by atoms with van der Waals surface area (Å²) in [5.74, 6) is -1.07. The quantitative estimate of drug-likeness (QED) is 0.554. The van der Waals surface area contributed by atoms with E-state index in [1.165, 1.54) is 22.9 Å². The molecule has 0 aliphatic rings. The molecule has 10 heteroatoms. The van der Waals surface area contributed by atoms with Crippen LogP contribution in [0.2, 0.25) is 0 Å². The highest BCUT2D eigenvalue weighted by molar-refractivity contribution is 9.10. The van der Waals surface area contributed by atoms with Gasteiger partial charge < -0.3 is 15.0 Å². The van der Waals surface area contributed by atoms with Gasteiger partial charge in [-0.3, -0.25) is 0 Å². The predicted octanol–water partition coefficient (Wildman–Crippen LogP) is 3.73. The third-order valence-electron chi connectivity index (χ3n) is 3.07. The number of nitrogens with zero attached hydrogens (tertiary/aromatic N) is 4. The summed E-state index contributed by atoms with van der Waals surface area (Å²) in [6.07, 6.45) is -2.71.